The lowest BCUT2D eigenvalue weighted by atomic mass is 10.0. The van der Waals surface area contributed by atoms with Gasteiger partial charge in [0.05, 0.1) is 18.2 Å². The summed E-state index contributed by atoms with van der Waals surface area (Å²) < 4.78 is 2.27. The fourth-order valence-corrected chi connectivity index (χ4v) is 4.59. The zero-order chi connectivity index (χ0) is 23.4. The second-order valence-electron chi connectivity index (χ2n) is 9.05. The van der Waals surface area contributed by atoms with Gasteiger partial charge in [-0.15, -0.1) is 0 Å². The van der Waals surface area contributed by atoms with Crippen molar-refractivity contribution in [1.82, 2.24) is 14.4 Å². The van der Waals surface area contributed by atoms with E-state index in [1.165, 1.54) is 16.7 Å². The Bertz CT molecular complexity index is 1160. The van der Waals surface area contributed by atoms with Crippen molar-refractivity contribution >= 4 is 5.91 Å². The zero-order valence-corrected chi connectivity index (χ0v) is 19.8. The predicted molar refractivity (Wildman–Crippen MR) is 132 cm³/mol. The SMILES string of the molecule is Cc1ccc(-c2ccc(CCC(=O)N3CCN(C)CC3)n2-c2ccc(CC#N)cc2)c(C)c1. The van der Waals surface area contributed by atoms with E-state index >= 15 is 0 Å². The van der Waals surface area contributed by atoms with E-state index < -0.39 is 0 Å². The number of nitrogens with zero attached hydrogens (tertiary/aromatic N) is 4. The quantitative estimate of drug-likeness (QED) is 0.566. The molecule has 5 heteroatoms. The van der Waals surface area contributed by atoms with Gasteiger partial charge in [0.15, 0.2) is 0 Å². The number of carbonyl (C=O) groups is 1. The topological polar surface area (TPSA) is 52.3 Å². The molecule has 1 aliphatic rings. The van der Waals surface area contributed by atoms with Crippen LogP contribution in [0.3, 0.4) is 0 Å². The fraction of sp³-hybridized carbons (Fsp3) is 0.357. The molecule has 5 nitrogen and oxygen atoms in total. The van der Waals surface area contributed by atoms with Crippen molar-refractivity contribution in [3.8, 4) is 23.0 Å². The van der Waals surface area contributed by atoms with Gasteiger partial charge in [0, 0.05) is 49.5 Å². The van der Waals surface area contributed by atoms with Crippen LogP contribution in [0.25, 0.3) is 16.9 Å². The third-order valence-electron chi connectivity index (χ3n) is 6.55. The van der Waals surface area contributed by atoms with E-state index in [4.69, 9.17) is 5.26 Å². The van der Waals surface area contributed by atoms with Crippen LogP contribution in [-0.4, -0.2) is 53.5 Å². The van der Waals surface area contributed by atoms with Crippen LogP contribution in [0.4, 0.5) is 0 Å². The highest BCUT2D eigenvalue weighted by Gasteiger charge is 2.20. The molecule has 4 rings (SSSR count). The first kappa shape index (κ1) is 22.8. The highest BCUT2D eigenvalue weighted by molar-refractivity contribution is 5.77. The molecule has 1 amide bonds. The second-order valence-corrected chi connectivity index (χ2v) is 9.05. The monoisotopic (exact) mass is 440 g/mol. The van der Waals surface area contributed by atoms with Crippen LogP contribution in [0, 0.1) is 25.2 Å². The van der Waals surface area contributed by atoms with Crippen LogP contribution < -0.4 is 0 Å². The Kier molecular flexibility index (Phi) is 6.96. The van der Waals surface area contributed by atoms with Crippen molar-refractivity contribution in [2.24, 2.45) is 0 Å². The number of amides is 1. The summed E-state index contributed by atoms with van der Waals surface area (Å²) in [5.74, 6) is 0.230. The number of benzene rings is 2. The van der Waals surface area contributed by atoms with Crippen molar-refractivity contribution in [2.45, 2.75) is 33.1 Å². The number of piperazine rings is 1. The Morgan fingerprint density at radius 1 is 0.970 bits per heavy atom. The summed E-state index contributed by atoms with van der Waals surface area (Å²) in [6.07, 6.45) is 1.60. The van der Waals surface area contributed by atoms with E-state index in [0.717, 1.165) is 48.8 Å². The van der Waals surface area contributed by atoms with Crippen LogP contribution in [0.15, 0.2) is 54.6 Å². The first-order valence-corrected chi connectivity index (χ1v) is 11.7. The minimum atomic E-state index is 0.230. The maximum absolute atomic E-state index is 12.9. The van der Waals surface area contributed by atoms with Gasteiger partial charge in [0.25, 0.3) is 0 Å². The average molecular weight is 441 g/mol. The molecule has 2 heterocycles. The Labute approximate surface area is 196 Å². The summed E-state index contributed by atoms with van der Waals surface area (Å²) >= 11 is 0. The molecule has 0 spiro atoms. The van der Waals surface area contributed by atoms with Crippen molar-refractivity contribution in [2.75, 3.05) is 33.2 Å². The maximum Gasteiger partial charge on any atom is 0.223 e. The van der Waals surface area contributed by atoms with Gasteiger partial charge in [-0.3, -0.25) is 4.79 Å². The van der Waals surface area contributed by atoms with Gasteiger partial charge in [0.1, 0.15) is 0 Å². The van der Waals surface area contributed by atoms with Gasteiger partial charge in [0.2, 0.25) is 5.91 Å². The van der Waals surface area contributed by atoms with Gasteiger partial charge < -0.3 is 14.4 Å². The predicted octanol–water partition coefficient (Wildman–Crippen LogP) is 4.53. The van der Waals surface area contributed by atoms with Crippen molar-refractivity contribution < 1.29 is 4.79 Å². The lowest BCUT2D eigenvalue weighted by Gasteiger charge is -2.32. The van der Waals surface area contributed by atoms with Crippen LogP contribution in [0.1, 0.15) is 28.8 Å². The molecule has 0 N–H and O–H groups in total. The molecular weight excluding hydrogens is 408 g/mol. The Morgan fingerprint density at radius 2 is 1.70 bits per heavy atom. The summed E-state index contributed by atoms with van der Waals surface area (Å²) in [5.41, 5.74) is 7.98. The lowest BCUT2D eigenvalue weighted by molar-refractivity contribution is -0.132. The summed E-state index contributed by atoms with van der Waals surface area (Å²) in [6, 6.07) is 21.2. The summed E-state index contributed by atoms with van der Waals surface area (Å²) in [5, 5.41) is 9.01. The number of hydrogen-bond donors (Lipinski definition) is 0. The van der Waals surface area contributed by atoms with Gasteiger partial charge in [-0.1, -0.05) is 35.9 Å². The third kappa shape index (κ3) is 5.18. The fourth-order valence-electron chi connectivity index (χ4n) is 4.59. The molecule has 2 aromatic carbocycles. The summed E-state index contributed by atoms with van der Waals surface area (Å²) in [4.78, 5) is 17.1. The number of aromatic nitrogens is 1. The Hall–Kier alpha value is -3.36. The third-order valence-corrected chi connectivity index (χ3v) is 6.55. The number of aryl methyl sites for hydroxylation is 3. The molecule has 0 saturated carbocycles. The van der Waals surface area contributed by atoms with Crippen LogP contribution in [0.5, 0.6) is 0 Å². The van der Waals surface area contributed by atoms with Crippen molar-refractivity contribution in [3.05, 3.63) is 77.0 Å². The lowest BCUT2D eigenvalue weighted by Crippen LogP contribution is -2.47. The molecule has 3 aromatic rings. The molecule has 1 fully saturated rings. The summed E-state index contributed by atoms with van der Waals surface area (Å²) in [6.45, 7) is 7.75. The van der Waals surface area contributed by atoms with E-state index in [2.05, 4.69) is 78.9 Å². The van der Waals surface area contributed by atoms with Crippen LogP contribution in [-0.2, 0) is 17.6 Å². The van der Waals surface area contributed by atoms with Gasteiger partial charge in [-0.2, -0.15) is 5.26 Å². The van der Waals surface area contributed by atoms with Crippen LogP contribution >= 0.6 is 0 Å². The largest absolute Gasteiger partial charge is 0.340 e. The minimum Gasteiger partial charge on any atom is -0.340 e. The molecule has 0 radical (unpaired) electrons. The number of likely N-dealkylation sites (N-methyl/N-ethyl adjacent to an activating group) is 1. The normalized spacial score (nSPS) is 14.3. The smallest absolute Gasteiger partial charge is 0.223 e. The van der Waals surface area contributed by atoms with E-state index in [0.29, 0.717) is 19.3 Å². The number of rotatable bonds is 6. The maximum atomic E-state index is 12.9. The van der Waals surface area contributed by atoms with Crippen molar-refractivity contribution in [1.29, 1.82) is 5.26 Å². The highest BCUT2D eigenvalue weighted by Crippen LogP contribution is 2.30. The van der Waals surface area contributed by atoms with Gasteiger partial charge >= 0.3 is 0 Å². The molecule has 0 aliphatic carbocycles. The zero-order valence-electron chi connectivity index (χ0n) is 19.8. The first-order chi connectivity index (χ1) is 16.0. The van der Waals surface area contributed by atoms with E-state index in [-0.39, 0.29) is 5.91 Å². The average Bonchev–Trinajstić information content (AvgIpc) is 3.22. The van der Waals surface area contributed by atoms with Crippen molar-refractivity contribution in [3.63, 3.8) is 0 Å². The molecule has 33 heavy (non-hydrogen) atoms. The molecule has 1 saturated heterocycles. The molecule has 0 bridgehead atoms. The molecular formula is C28H32N4O. The number of carbonyl (C=O) groups excluding carboxylic acids is 1. The molecule has 1 aromatic heterocycles. The highest BCUT2D eigenvalue weighted by atomic mass is 16.2. The van der Waals surface area contributed by atoms with E-state index in [9.17, 15) is 4.79 Å². The molecule has 1 aliphatic heterocycles. The van der Waals surface area contributed by atoms with E-state index in [1.807, 2.05) is 17.0 Å². The second kappa shape index (κ2) is 10.1. The Balaban J connectivity index is 1.64. The standard InChI is InChI=1S/C28H32N4O/c1-21-4-11-26(22(2)20-21)27-12-9-25(10-13-28(33)31-18-16-30(3)17-19-31)32(27)24-7-5-23(6-8-24)14-15-29/h4-9,11-12,20H,10,13-14,16-19H2,1-3H3. The van der Waals surface area contributed by atoms with Gasteiger partial charge in [-0.25, -0.2) is 0 Å². The van der Waals surface area contributed by atoms with E-state index in [1.54, 1.807) is 0 Å². The summed E-state index contributed by atoms with van der Waals surface area (Å²) in [7, 11) is 2.10. The Morgan fingerprint density at radius 3 is 2.36 bits per heavy atom. The molecule has 170 valence electrons. The number of nitriles is 1. The minimum absolute atomic E-state index is 0.230. The van der Waals surface area contributed by atoms with Crippen LogP contribution in [0.2, 0.25) is 0 Å². The molecule has 0 unspecified atom stereocenters. The first-order valence-electron chi connectivity index (χ1n) is 11.7. The molecule has 0 atom stereocenters. The number of hydrogen-bond acceptors (Lipinski definition) is 3. The van der Waals surface area contributed by atoms with Gasteiger partial charge in [-0.05, 0) is 62.7 Å².